The first-order valence-corrected chi connectivity index (χ1v) is 10.7. The molecule has 0 aliphatic carbocycles. The number of para-hydroxylation sites is 1. The number of nitrogens with one attached hydrogen (secondary N) is 1. The molecule has 0 bridgehead atoms. The summed E-state index contributed by atoms with van der Waals surface area (Å²) in [5.74, 6) is 0.214. The first kappa shape index (κ1) is 21.2. The fourth-order valence-electron chi connectivity index (χ4n) is 2.57. The van der Waals surface area contributed by atoms with E-state index in [4.69, 9.17) is 4.74 Å². The molecule has 1 amide bonds. The van der Waals surface area contributed by atoms with Crippen molar-refractivity contribution in [3.63, 3.8) is 0 Å². The van der Waals surface area contributed by atoms with Gasteiger partial charge in [0.2, 0.25) is 11.0 Å². The van der Waals surface area contributed by atoms with E-state index >= 15 is 0 Å². The number of benzene rings is 1. The fraction of sp³-hybridized carbons (Fsp3) is 0.389. The molecule has 154 valence electrons. The maximum absolute atomic E-state index is 13.9. The van der Waals surface area contributed by atoms with E-state index in [1.54, 1.807) is 25.1 Å². The number of carbonyl (C=O) groups is 1. The van der Waals surface area contributed by atoms with E-state index in [0.29, 0.717) is 16.1 Å². The van der Waals surface area contributed by atoms with Crippen LogP contribution in [0.3, 0.4) is 0 Å². The Morgan fingerprint density at radius 2 is 2.00 bits per heavy atom. The lowest BCUT2D eigenvalue weighted by Crippen LogP contribution is -2.16. The maximum atomic E-state index is 13.9. The van der Waals surface area contributed by atoms with Crippen LogP contribution >= 0.6 is 23.1 Å². The Bertz CT molecular complexity index is 990. The molecule has 1 unspecified atom stereocenters. The number of hydrogen-bond acceptors (Lipinski definition) is 8. The molecule has 0 aliphatic rings. The van der Waals surface area contributed by atoms with Gasteiger partial charge in [-0.1, -0.05) is 35.2 Å². The minimum absolute atomic E-state index is 0.0306. The summed E-state index contributed by atoms with van der Waals surface area (Å²) >= 11 is 2.57. The minimum Gasteiger partial charge on any atom is -0.480 e. The van der Waals surface area contributed by atoms with Crippen molar-refractivity contribution in [2.75, 3.05) is 11.1 Å². The van der Waals surface area contributed by atoms with E-state index in [0.717, 1.165) is 5.01 Å². The van der Waals surface area contributed by atoms with Crippen molar-refractivity contribution in [3.8, 4) is 5.75 Å². The second-order valence-electron chi connectivity index (χ2n) is 6.46. The van der Waals surface area contributed by atoms with Gasteiger partial charge in [0, 0.05) is 6.04 Å². The van der Waals surface area contributed by atoms with E-state index in [-0.39, 0.29) is 23.5 Å². The Morgan fingerprint density at radius 1 is 1.24 bits per heavy atom. The summed E-state index contributed by atoms with van der Waals surface area (Å²) in [6, 6.07) is 6.25. The highest BCUT2D eigenvalue weighted by Crippen LogP contribution is 2.28. The van der Waals surface area contributed by atoms with Crippen LogP contribution in [0.4, 0.5) is 9.52 Å². The topological polar surface area (TPSA) is 94.8 Å². The van der Waals surface area contributed by atoms with Crippen LogP contribution in [0.15, 0.2) is 29.4 Å². The molecule has 1 N–H and O–H groups in total. The Kier molecular flexibility index (Phi) is 6.80. The molecule has 0 saturated carbocycles. The van der Waals surface area contributed by atoms with Gasteiger partial charge in [0.1, 0.15) is 5.01 Å². The van der Waals surface area contributed by atoms with Gasteiger partial charge in [-0.05, 0) is 39.8 Å². The number of hydrogen-bond donors (Lipinski definition) is 1. The molecule has 0 fully saturated rings. The monoisotopic (exact) mass is 436 g/mol. The van der Waals surface area contributed by atoms with E-state index in [2.05, 4.69) is 25.7 Å². The molecule has 0 radical (unpaired) electrons. The SMILES string of the molecule is Cc1nnc(NC(=O)CSc2nnc(C(C)Oc3ccccc3F)n2C(C)C)s1. The highest BCUT2D eigenvalue weighted by Gasteiger charge is 2.23. The predicted octanol–water partition coefficient (Wildman–Crippen LogP) is 4.03. The van der Waals surface area contributed by atoms with Gasteiger partial charge in [0.05, 0.1) is 5.75 Å². The zero-order chi connectivity index (χ0) is 21.0. The van der Waals surface area contributed by atoms with Crippen LogP contribution in [-0.4, -0.2) is 36.6 Å². The van der Waals surface area contributed by atoms with Crippen molar-refractivity contribution in [2.45, 2.75) is 45.0 Å². The van der Waals surface area contributed by atoms with E-state index in [1.165, 1.54) is 29.2 Å². The summed E-state index contributed by atoms with van der Waals surface area (Å²) in [4.78, 5) is 12.2. The van der Waals surface area contributed by atoms with Gasteiger partial charge in [0.15, 0.2) is 28.7 Å². The highest BCUT2D eigenvalue weighted by atomic mass is 32.2. The maximum Gasteiger partial charge on any atom is 0.236 e. The molecule has 2 heterocycles. The third kappa shape index (κ3) is 5.30. The van der Waals surface area contributed by atoms with Crippen molar-refractivity contribution in [1.82, 2.24) is 25.0 Å². The van der Waals surface area contributed by atoms with E-state index in [9.17, 15) is 9.18 Å². The third-order valence-corrected chi connectivity index (χ3v) is 5.51. The molecule has 2 aromatic heterocycles. The predicted molar refractivity (Wildman–Crippen MR) is 110 cm³/mol. The second kappa shape index (κ2) is 9.31. The normalized spacial score (nSPS) is 12.2. The van der Waals surface area contributed by atoms with Gasteiger partial charge in [0.25, 0.3) is 0 Å². The van der Waals surface area contributed by atoms with Crippen LogP contribution in [0.5, 0.6) is 5.75 Å². The Labute approximate surface area is 175 Å². The average molecular weight is 437 g/mol. The highest BCUT2D eigenvalue weighted by molar-refractivity contribution is 7.99. The zero-order valence-corrected chi connectivity index (χ0v) is 18.1. The van der Waals surface area contributed by atoms with Crippen molar-refractivity contribution >= 4 is 34.1 Å². The van der Waals surface area contributed by atoms with Crippen LogP contribution < -0.4 is 10.1 Å². The van der Waals surface area contributed by atoms with Crippen LogP contribution in [0.25, 0.3) is 0 Å². The standard InChI is InChI=1S/C18H21FN6O2S2/c1-10(2)25-16(11(3)27-14-8-6-5-7-13(14)19)22-24-18(25)28-9-15(26)20-17-23-21-12(4)29-17/h5-8,10-11H,9H2,1-4H3,(H,20,23,26). The Balaban J connectivity index is 1.69. The number of nitrogens with zero attached hydrogens (tertiary/aromatic N) is 5. The van der Waals surface area contributed by atoms with Gasteiger partial charge < -0.3 is 9.30 Å². The number of aromatic nitrogens is 5. The first-order valence-electron chi connectivity index (χ1n) is 8.94. The van der Waals surface area contributed by atoms with Crippen LogP contribution in [0.2, 0.25) is 0 Å². The lowest BCUT2D eigenvalue weighted by Gasteiger charge is -2.19. The van der Waals surface area contributed by atoms with Crippen molar-refractivity contribution < 1.29 is 13.9 Å². The molecule has 29 heavy (non-hydrogen) atoms. The van der Waals surface area contributed by atoms with Crippen molar-refractivity contribution in [3.05, 3.63) is 40.9 Å². The van der Waals surface area contributed by atoms with Gasteiger partial charge >= 0.3 is 0 Å². The number of carbonyl (C=O) groups excluding carboxylic acids is 1. The quantitative estimate of drug-likeness (QED) is 0.533. The average Bonchev–Trinajstić information content (AvgIpc) is 3.28. The summed E-state index contributed by atoms with van der Waals surface area (Å²) in [5.41, 5.74) is 0. The summed E-state index contributed by atoms with van der Waals surface area (Å²) in [6.45, 7) is 7.57. The smallest absolute Gasteiger partial charge is 0.236 e. The Morgan fingerprint density at radius 3 is 2.66 bits per heavy atom. The summed E-state index contributed by atoms with van der Waals surface area (Å²) in [7, 11) is 0. The van der Waals surface area contributed by atoms with Gasteiger partial charge in [-0.2, -0.15) is 0 Å². The van der Waals surface area contributed by atoms with Crippen molar-refractivity contribution in [1.29, 1.82) is 0 Å². The summed E-state index contributed by atoms with van der Waals surface area (Å²) in [5, 5.41) is 20.7. The molecular formula is C18H21FN6O2S2. The molecule has 1 atom stereocenters. The molecule has 3 aromatic rings. The number of amides is 1. The summed E-state index contributed by atoms with van der Waals surface area (Å²) in [6.07, 6.45) is -0.519. The van der Waals surface area contributed by atoms with Gasteiger partial charge in [-0.3, -0.25) is 10.1 Å². The molecule has 0 spiro atoms. The molecule has 0 aliphatic heterocycles. The first-order chi connectivity index (χ1) is 13.8. The number of anilines is 1. The fourth-order valence-corrected chi connectivity index (χ4v) is 4.05. The van der Waals surface area contributed by atoms with E-state index in [1.807, 2.05) is 25.3 Å². The van der Waals surface area contributed by atoms with Crippen molar-refractivity contribution in [2.24, 2.45) is 0 Å². The molecular weight excluding hydrogens is 415 g/mol. The van der Waals surface area contributed by atoms with Gasteiger partial charge in [-0.25, -0.2) is 4.39 Å². The number of thioether (sulfide) groups is 1. The van der Waals surface area contributed by atoms with Crippen LogP contribution in [0, 0.1) is 12.7 Å². The van der Waals surface area contributed by atoms with Gasteiger partial charge in [-0.15, -0.1) is 20.4 Å². The molecule has 0 saturated heterocycles. The molecule has 1 aromatic carbocycles. The van der Waals surface area contributed by atoms with Crippen LogP contribution in [-0.2, 0) is 4.79 Å². The lowest BCUT2D eigenvalue weighted by molar-refractivity contribution is -0.113. The zero-order valence-electron chi connectivity index (χ0n) is 16.4. The second-order valence-corrected chi connectivity index (χ2v) is 8.58. The van der Waals surface area contributed by atoms with Crippen LogP contribution in [0.1, 0.15) is 43.7 Å². The minimum atomic E-state index is -0.519. The number of aryl methyl sites for hydroxylation is 1. The third-order valence-electron chi connectivity index (χ3n) is 3.82. The molecule has 3 rings (SSSR count). The summed E-state index contributed by atoms with van der Waals surface area (Å²) < 4.78 is 21.5. The number of rotatable bonds is 8. The molecule has 8 nitrogen and oxygen atoms in total. The number of halogens is 1. The Hall–Kier alpha value is -2.53. The molecule has 11 heteroatoms. The lowest BCUT2D eigenvalue weighted by atomic mass is 10.3. The largest absolute Gasteiger partial charge is 0.480 e. The van der Waals surface area contributed by atoms with E-state index < -0.39 is 11.9 Å². The number of ether oxygens (including phenoxy) is 1.